The van der Waals surface area contributed by atoms with Gasteiger partial charge in [0.25, 0.3) is 0 Å². The van der Waals surface area contributed by atoms with E-state index < -0.39 is 17.5 Å². The standard InChI is InChI=1S/C15H15F3N2S/c16-12-2-1-11(13(17)14(12)18)15(10-3-8-21-9-10)20-6-4-19-5-7-20/h1-3,8-9,15,19H,4-7H2/t15-/m1/s1. The molecule has 0 amide bonds. The van der Waals surface area contributed by atoms with E-state index in [-0.39, 0.29) is 11.6 Å². The van der Waals surface area contributed by atoms with Crippen molar-refractivity contribution in [2.45, 2.75) is 6.04 Å². The summed E-state index contributed by atoms with van der Waals surface area (Å²) in [5.41, 5.74) is 1.10. The minimum absolute atomic E-state index is 0.189. The zero-order valence-corrected chi connectivity index (χ0v) is 12.1. The molecule has 1 aromatic carbocycles. The average Bonchev–Trinajstić information content (AvgIpc) is 3.03. The molecule has 0 bridgehead atoms. The third kappa shape index (κ3) is 2.84. The maximum absolute atomic E-state index is 14.2. The van der Waals surface area contributed by atoms with E-state index in [4.69, 9.17) is 0 Å². The van der Waals surface area contributed by atoms with Crippen LogP contribution in [0.4, 0.5) is 13.2 Å². The van der Waals surface area contributed by atoms with Crippen LogP contribution < -0.4 is 5.32 Å². The fraction of sp³-hybridized carbons (Fsp3) is 0.333. The third-order valence-corrected chi connectivity index (χ3v) is 4.44. The van der Waals surface area contributed by atoms with E-state index >= 15 is 0 Å². The van der Waals surface area contributed by atoms with E-state index in [2.05, 4.69) is 10.2 Å². The first kappa shape index (κ1) is 14.6. The SMILES string of the molecule is Fc1ccc([C@@H](c2ccsc2)N2CCNCC2)c(F)c1F. The predicted molar refractivity (Wildman–Crippen MR) is 76.9 cm³/mol. The summed E-state index contributed by atoms with van der Waals surface area (Å²) >= 11 is 1.51. The number of halogens is 3. The minimum atomic E-state index is -1.40. The van der Waals surface area contributed by atoms with Gasteiger partial charge in [0.2, 0.25) is 0 Å². The Labute approximate surface area is 125 Å². The summed E-state index contributed by atoms with van der Waals surface area (Å²) in [6.45, 7) is 3.07. The fourth-order valence-electron chi connectivity index (χ4n) is 2.71. The van der Waals surface area contributed by atoms with Crippen LogP contribution in [0.1, 0.15) is 17.2 Å². The number of piperazine rings is 1. The van der Waals surface area contributed by atoms with Crippen molar-refractivity contribution >= 4 is 11.3 Å². The smallest absolute Gasteiger partial charge is 0.194 e. The van der Waals surface area contributed by atoms with Gasteiger partial charge < -0.3 is 5.32 Å². The van der Waals surface area contributed by atoms with Crippen molar-refractivity contribution in [2.24, 2.45) is 0 Å². The molecule has 0 radical (unpaired) electrons. The van der Waals surface area contributed by atoms with E-state index in [1.807, 2.05) is 16.8 Å². The highest BCUT2D eigenvalue weighted by atomic mass is 32.1. The van der Waals surface area contributed by atoms with Gasteiger partial charge in [0.15, 0.2) is 17.5 Å². The molecule has 0 aliphatic carbocycles. The molecule has 21 heavy (non-hydrogen) atoms. The molecule has 0 spiro atoms. The molecule has 1 aromatic heterocycles. The largest absolute Gasteiger partial charge is 0.314 e. The first-order valence-electron chi connectivity index (χ1n) is 6.78. The molecule has 1 fully saturated rings. The van der Waals surface area contributed by atoms with E-state index in [0.717, 1.165) is 37.8 Å². The Morgan fingerprint density at radius 2 is 1.81 bits per heavy atom. The van der Waals surface area contributed by atoms with Gasteiger partial charge >= 0.3 is 0 Å². The summed E-state index contributed by atoms with van der Waals surface area (Å²) in [6.07, 6.45) is 0. The number of benzene rings is 1. The average molecular weight is 312 g/mol. The van der Waals surface area contributed by atoms with Crippen LogP contribution in [0.2, 0.25) is 0 Å². The van der Waals surface area contributed by atoms with Crippen LogP contribution in [0, 0.1) is 17.5 Å². The highest BCUT2D eigenvalue weighted by molar-refractivity contribution is 7.08. The maximum atomic E-state index is 14.2. The summed E-state index contributed by atoms with van der Waals surface area (Å²) < 4.78 is 41.0. The topological polar surface area (TPSA) is 15.3 Å². The zero-order chi connectivity index (χ0) is 14.8. The zero-order valence-electron chi connectivity index (χ0n) is 11.3. The summed E-state index contributed by atoms with van der Waals surface area (Å²) in [7, 11) is 0. The lowest BCUT2D eigenvalue weighted by atomic mass is 9.98. The molecule has 1 atom stereocenters. The van der Waals surface area contributed by atoms with Gasteiger partial charge in [0.05, 0.1) is 6.04 Å². The maximum Gasteiger partial charge on any atom is 0.194 e. The molecular formula is C15H15F3N2S. The van der Waals surface area contributed by atoms with Crippen LogP contribution >= 0.6 is 11.3 Å². The van der Waals surface area contributed by atoms with E-state index in [1.54, 1.807) is 0 Å². The molecule has 0 unspecified atom stereocenters. The van der Waals surface area contributed by atoms with Crippen molar-refractivity contribution in [3.05, 3.63) is 57.5 Å². The van der Waals surface area contributed by atoms with E-state index in [9.17, 15) is 13.2 Å². The number of thiophene rings is 1. The lowest BCUT2D eigenvalue weighted by Crippen LogP contribution is -2.45. The quantitative estimate of drug-likeness (QED) is 0.876. The Balaban J connectivity index is 2.05. The van der Waals surface area contributed by atoms with Gasteiger partial charge in [-0.2, -0.15) is 11.3 Å². The monoisotopic (exact) mass is 312 g/mol. The van der Waals surface area contributed by atoms with Gasteiger partial charge in [0, 0.05) is 31.7 Å². The van der Waals surface area contributed by atoms with Gasteiger partial charge in [-0.3, -0.25) is 4.90 Å². The third-order valence-electron chi connectivity index (χ3n) is 3.74. The normalized spacial score (nSPS) is 17.9. The Bertz CT molecular complexity index is 610. The molecule has 2 heterocycles. The second kappa shape index (κ2) is 6.17. The number of hydrogen-bond acceptors (Lipinski definition) is 3. The van der Waals surface area contributed by atoms with Crippen molar-refractivity contribution in [1.29, 1.82) is 0 Å². The molecular weight excluding hydrogens is 297 g/mol. The van der Waals surface area contributed by atoms with Gasteiger partial charge in [-0.05, 0) is 28.5 Å². The van der Waals surface area contributed by atoms with Gasteiger partial charge in [0.1, 0.15) is 0 Å². The first-order valence-corrected chi connectivity index (χ1v) is 7.73. The molecule has 1 aliphatic rings. The number of rotatable bonds is 3. The second-order valence-electron chi connectivity index (χ2n) is 5.01. The number of hydrogen-bond donors (Lipinski definition) is 1. The van der Waals surface area contributed by atoms with Crippen molar-refractivity contribution in [3.8, 4) is 0 Å². The van der Waals surface area contributed by atoms with Crippen LogP contribution in [0.25, 0.3) is 0 Å². The number of nitrogens with zero attached hydrogens (tertiary/aromatic N) is 1. The van der Waals surface area contributed by atoms with Gasteiger partial charge in [-0.15, -0.1) is 0 Å². The molecule has 2 aromatic rings. The molecule has 1 saturated heterocycles. The predicted octanol–water partition coefficient (Wildman–Crippen LogP) is 3.16. The molecule has 1 N–H and O–H groups in total. The summed E-state index contributed by atoms with van der Waals surface area (Å²) in [6, 6.07) is 3.86. The summed E-state index contributed by atoms with van der Waals surface area (Å²) in [5.74, 6) is -3.65. The Hall–Kier alpha value is -1.37. The summed E-state index contributed by atoms with van der Waals surface area (Å²) in [5, 5.41) is 7.06. The van der Waals surface area contributed by atoms with E-state index in [0.29, 0.717) is 0 Å². The highest BCUT2D eigenvalue weighted by Crippen LogP contribution is 2.33. The van der Waals surface area contributed by atoms with Gasteiger partial charge in [-0.25, -0.2) is 13.2 Å². The molecule has 3 rings (SSSR count). The van der Waals surface area contributed by atoms with Crippen LogP contribution in [-0.4, -0.2) is 31.1 Å². The molecule has 112 valence electrons. The summed E-state index contributed by atoms with van der Waals surface area (Å²) in [4.78, 5) is 2.09. The van der Waals surface area contributed by atoms with Crippen LogP contribution in [-0.2, 0) is 0 Å². The fourth-order valence-corrected chi connectivity index (χ4v) is 3.39. The minimum Gasteiger partial charge on any atom is -0.314 e. The Morgan fingerprint density at radius 1 is 1.05 bits per heavy atom. The van der Waals surface area contributed by atoms with Crippen LogP contribution in [0.3, 0.4) is 0 Å². The molecule has 6 heteroatoms. The molecule has 2 nitrogen and oxygen atoms in total. The molecule has 1 aliphatic heterocycles. The second-order valence-corrected chi connectivity index (χ2v) is 5.79. The lowest BCUT2D eigenvalue weighted by Gasteiger charge is -2.35. The Kier molecular flexibility index (Phi) is 4.28. The molecule has 0 saturated carbocycles. The van der Waals surface area contributed by atoms with Crippen LogP contribution in [0.15, 0.2) is 29.0 Å². The van der Waals surface area contributed by atoms with Crippen molar-refractivity contribution in [2.75, 3.05) is 26.2 Å². The number of nitrogens with one attached hydrogen (secondary N) is 1. The van der Waals surface area contributed by atoms with Crippen molar-refractivity contribution in [3.63, 3.8) is 0 Å². The Morgan fingerprint density at radius 3 is 2.48 bits per heavy atom. The highest BCUT2D eigenvalue weighted by Gasteiger charge is 2.28. The van der Waals surface area contributed by atoms with Crippen molar-refractivity contribution < 1.29 is 13.2 Å². The van der Waals surface area contributed by atoms with Crippen molar-refractivity contribution in [1.82, 2.24) is 10.2 Å². The van der Waals surface area contributed by atoms with Crippen LogP contribution in [0.5, 0.6) is 0 Å². The lowest BCUT2D eigenvalue weighted by molar-refractivity contribution is 0.194. The van der Waals surface area contributed by atoms with Gasteiger partial charge in [-0.1, -0.05) is 6.07 Å². The first-order chi connectivity index (χ1) is 10.2. The van der Waals surface area contributed by atoms with E-state index in [1.165, 1.54) is 17.4 Å².